The Morgan fingerprint density at radius 3 is 2.17 bits per heavy atom. The largest absolute Gasteiger partial charge is 0.481 e. The van der Waals surface area contributed by atoms with Crippen LogP contribution in [0, 0.1) is 56.7 Å². The smallest absolute Gasteiger partial charge is 0.310 e. The molecule has 12 atom stereocenters. The van der Waals surface area contributed by atoms with Crippen LogP contribution in [-0.4, -0.2) is 44.7 Å². The number of hydrogen-bond donors (Lipinski definition) is 4. The molecule has 4 saturated carbocycles. The zero-order chi connectivity index (χ0) is 25.9. The number of carboxylic acid groups (broad SMARTS) is 1. The number of hydrogen-bond acceptors (Lipinski definition) is 4. The van der Waals surface area contributed by atoms with E-state index in [4.69, 9.17) is 0 Å². The van der Waals surface area contributed by atoms with Gasteiger partial charge in [-0.15, -0.1) is 0 Å². The number of rotatable bonds is 1. The highest BCUT2D eigenvalue weighted by Gasteiger charge is 2.70. The molecular formula is C30H48O5. The van der Waals surface area contributed by atoms with E-state index in [1.54, 1.807) is 0 Å². The minimum absolute atomic E-state index is 0.00408. The van der Waals surface area contributed by atoms with Crippen molar-refractivity contribution >= 4 is 5.97 Å². The Bertz CT molecular complexity index is 941. The Labute approximate surface area is 211 Å². The minimum atomic E-state index is -0.881. The zero-order valence-corrected chi connectivity index (χ0v) is 22.8. The van der Waals surface area contributed by atoms with Gasteiger partial charge in [0.25, 0.3) is 0 Å². The summed E-state index contributed by atoms with van der Waals surface area (Å²) in [5, 5.41) is 43.2. The van der Waals surface area contributed by atoms with Crippen LogP contribution in [0.3, 0.4) is 0 Å². The van der Waals surface area contributed by atoms with Crippen molar-refractivity contribution in [1.82, 2.24) is 0 Å². The summed E-state index contributed by atoms with van der Waals surface area (Å²) in [6, 6.07) is 0. The standard InChI is InChI=1S/C30H48O5/c1-16-17(2)23-18-8-9-22-27(5)14-20(32)24(33)26(3,4)21(27)10-11-29(22,7)28(18,6)12-13-30(23,25(34)35)15-19(16)31/h8,16-17,19-24,31-33H,9-15H2,1-7H3,(H,34,35)/t16-,17-,19+,20+,21?,22+,23-,24-,27-,28+,29+,30+/m0/s1. The molecule has 5 rings (SSSR count). The number of fused-ring (bicyclic) bond motifs is 7. The highest BCUT2D eigenvalue weighted by Crippen LogP contribution is 2.75. The maximum atomic E-state index is 12.8. The fraction of sp³-hybridized carbons (Fsp3) is 0.900. The second kappa shape index (κ2) is 7.57. The van der Waals surface area contributed by atoms with Crippen LogP contribution in [0.5, 0.6) is 0 Å². The molecule has 0 aromatic rings. The van der Waals surface area contributed by atoms with E-state index in [0.29, 0.717) is 31.1 Å². The first kappa shape index (κ1) is 25.7. The van der Waals surface area contributed by atoms with Crippen molar-refractivity contribution < 1.29 is 25.2 Å². The molecule has 0 saturated heterocycles. The molecule has 5 aliphatic carbocycles. The summed E-state index contributed by atoms with van der Waals surface area (Å²) in [5.41, 5.74) is -0.0578. The summed E-state index contributed by atoms with van der Waals surface area (Å²) in [4.78, 5) is 12.8. The third-order valence-electron chi connectivity index (χ3n) is 13.4. The van der Waals surface area contributed by atoms with Crippen LogP contribution in [0.25, 0.3) is 0 Å². The van der Waals surface area contributed by atoms with Gasteiger partial charge in [-0.1, -0.05) is 60.1 Å². The van der Waals surface area contributed by atoms with E-state index >= 15 is 0 Å². The molecule has 0 heterocycles. The predicted molar refractivity (Wildman–Crippen MR) is 135 cm³/mol. The molecule has 0 bridgehead atoms. The molecule has 198 valence electrons. The van der Waals surface area contributed by atoms with Crippen molar-refractivity contribution in [2.75, 3.05) is 0 Å². The summed E-state index contributed by atoms with van der Waals surface area (Å²) in [5.74, 6) is 0.121. The van der Waals surface area contributed by atoms with Crippen LogP contribution in [0.4, 0.5) is 0 Å². The first-order valence-electron chi connectivity index (χ1n) is 14.1. The number of carbonyl (C=O) groups is 1. The van der Waals surface area contributed by atoms with E-state index in [1.807, 2.05) is 0 Å². The Kier molecular flexibility index (Phi) is 5.56. The topological polar surface area (TPSA) is 98.0 Å². The average Bonchev–Trinajstić information content (AvgIpc) is 2.76. The molecule has 0 radical (unpaired) electrons. The number of aliphatic hydroxyl groups excluding tert-OH is 3. The number of aliphatic carboxylic acids is 1. The van der Waals surface area contributed by atoms with Crippen molar-refractivity contribution in [3.63, 3.8) is 0 Å². The molecule has 0 aliphatic heterocycles. The average molecular weight is 489 g/mol. The van der Waals surface area contributed by atoms with E-state index in [9.17, 15) is 25.2 Å². The molecule has 4 fully saturated rings. The van der Waals surface area contributed by atoms with Crippen LogP contribution in [0.1, 0.15) is 93.4 Å². The highest BCUT2D eigenvalue weighted by molar-refractivity contribution is 5.77. The summed E-state index contributed by atoms with van der Waals surface area (Å²) >= 11 is 0. The monoisotopic (exact) mass is 488 g/mol. The van der Waals surface area contributed by atoms with E-state index in [2.05, 4.69) is 54.5 Å². The van der Waals surface area contributed by atoms with Gasteiger partial charge >= 0.3 is 5.97 Å². The fourth-order valence-electron chi connectivity index (χ4n) is 11.1. The van der Waals surface area contributed by atoms with Gasteiger partial charge in [0, 0.05) is 0 Å². The Balaban J connectivity index is 1.62. The van der Waals surface area contributed by atoms with Gasteiger partial charge in [0.15, 0.2) is 0 Å². The van der Waals surface area contributed by atoms with Crippen molar-refractivity contribution in [2.45, 2.75) is 112 Å². The lowest BCUT2D eigenvalue weighted by Crippen LogP contribution is -2.67. The quantitative estimate of drug-likeness (QED) is 0.388. The Hall–Kier alpha value is -0.910. The highest BCUT2D eigenvalue weighted by atomic mass is 16.4. The van der Waals surface area contributed by atoms with Gasteiger partial charge in [-0.2, -0.15) is 0 Å². The summed E-state index contributed by atoms with van der Waals surface area (Å²) < 4.78 is 0. The molecule has 0 aromatic carbocycles. The third-order valence-corrected chi connectivity index (χ3v) is 13.4. The van der Waals surface area contributed by atoms with Crippen LogP contribution < -0.4 is 0 Å². The van der Waals surface area contributed by atoms with Gasteiger partial charge in [0.05, 0.1) is 23.7 Å². The molecule has 0 amide bonds. The van der Waals surface area contributed by atoms with Gasteiger partial charge in [0.2, 0.25) is 0 Å². The molecule has 1 unspecified atom stereocenters. The molecule has 35 heavy (non-hydrogen) atoms. The number of carboxylic acids is 1. The molecular weight excluding hydrogens is 440 g/mol. The lowest BCUT2D eigenvalue weighted by molar-refractivity contribution is -0.233. The van der Waals surface area contributed by atoms with E-state index in [-0.39, 0.29) is 39.4 Å². The van der Waals surface area contributed by atoms with Crippen LogP contribution in [-0.2, 0) is 4.79 Å². The van der Waals surface area contributed by atoms with Crippen LogP contribution >= 0.6 is 0 Å². The first-order valence-corrected chi connectivity index (χ1v) is 14.1. The molecule has 5 nitrogen and oxygen atoms in total. The summed E-state index contributed by atoms with van der Waals surface area (Å²) in [6.45, 7) is 15.7. The second-order valence-corrected chi connectivity index (χ2v) is 14.8. The molecule has 5 aliphatic rings. The van der Waals surface area contributed by atoms with Crippen molar-refractivity contribution in [1.29, 1.82) is 0 Å². The molecule has 0 aromatic heterocycles. The molecule has 5 heteroatoms. The number of aliphatic hydroxyl groups is 3. The number of allylic oxidation sites excluding steroid dienone is 2. The van der Waals surface area contributed by atoms with E-state index < -0.39 is 29.7 Å². The SMILES string of the molecule is C[C@H]1[C@H](C)[C@H]2C3=CC[C@@H]4[C@@]5(C)C[C@@H](O)[C@H](O)C(C)(C)C5CC[C@@]4(C)[C@]3(C)CC[C@@]2(C(=O)O)C[C@H]1O. The summed E-state index contributed by atoms with van der Waals surface area (Å²) in [7, 11) is 0. The van der Waals surface area contributed by atoms with Gasteiger partial charge in [-0.05, 0) is 96.2 Å². The fourth-order valence-corrected chi connectivity index (χ4v) is 11.1. The molecule has 4 N–H and O–H groups in total. The van der Waals surface area contributed by atoms with E-state index in [0.717, 1.165) is 25.7 Å². The zero-order valence-electron chi connectivity index (χ0n) is 22.8. The lowest BCUT2D eigenvalue weighted by atomic mass is 9.33. The Morgan fingerprint density at radius 1 is 0.886 bits per heavy atom. The third kappa shape index (κ3) is 2.95. The van der Waals surface area contributed by atoms with Crippen LogP contribution in [0.15, 0.2) is 11.6 Å². The maximum Gasteiger partial charge on any atom is 0.310 e. The van der Waals surface area contributed by atoms with Gasteiger partial charge < -0.3 is 20.4 Å². The minimum Gasteiger partial charge on any atom is -0.481 e. The van der Waals surface area contributed by atoms with Gasteiger partial charge in [0.1, 0.15) is 0 Å². The van der Waals surface area contributed by atoms with Crippen molar-refractivity contribution in [2.24, 2.45) is 56.7 Å². The predicted octanol–water partition coefficient (Wildman–Crippen LogP) is 5.03. The van der Waals surface area contributed by atoms with Crippen molar-refractivity contribution in [3.8, 4) is 0 Å². The molecule has 0 spiro atoms. The van der Waals surface area contributed by atoms with Gasteiger partial charge in [-0.25, -0.2) is 0 Å². The maximum absolute atomic E-state index is 12.8. The van der Waals surface area contributed by atoms with Gasteiger partial charge in [-0.3, -0.25) is 4.79 Å². The Morgan fingerprint density at radius 2 is 1.54 bits per heavy atom. The summed E-state index contributed by atoms with van der Waals surface area (Å²) in [6.07, 6.45) is 5.86. The first-order chi connectivity index (χ1) is 16.1. The van der Waals surface area contributed by atoms with Crippen molar-refractivity contribution in [3.05, 3.63) is 11.6 Å². The van der Waals surface area contributed by atoms with E-state index in [1.165, 1.54) is 5.57 Å². The lowest BCUT2D eigenvalue weighted by Gasteiger charge is -2.71. The van der Waals surface area contributed by atoms with Crippen LogP contribution in [0.2, 0.25) is 0 Å². The second-order valence-electron chi connectivity index (χ2n) is 14.8. The normalized spacial score (nSPS) is 57.1.